The van der Waals surface area contributed by atoms with Gasteiger partial charge in [-0.05, 0) is 12.1 Å². The van der Waals surface area contributed by atoms with Crippen molar-refractivity contribution >= 4 is 16.9 Å². The van der Waals surface area contributed by atoms with Gasteiger partial charge in [0, 0.05) is 18.0 Å². The first-order chi connectivity index (χ1) is 12.1. The zero-order chi connectivity index (χ0) is 17.8. The molecule has 0 aliphatic heterocycles. The number of ether oxygens (including phenoxy) is 2. The Morgan fingerprint density at radius 3 is 2.88 bits per heavy atom. The van der Waals surface area contributed by atoms with Gasteiger partial charge in [0.2, 0.25) is 0 Å². The minimum atomic E-state index is -0.655. The van der Waals surface area contributed by atoms with Crippen molar-refractivity contribution in [2.45, 2.75) is 19.2 Å². The molecular formula is C17H20N4O4. The molecule has 3 aromatic rings. The molecule has 0 amide bonds. The number of aliphatic hydroxyl groups excluding tert-OH is 1. The van der Waals surface area contributed by atoms with Crippen LogP contribution in [0.25, 0.3) is 10.9 Å². The van der Waals surface area contributed by atoms with Crippen LogP contribution < -0.4 is 0 Å². The molecule has 0 spiro atoms. The minimum absolute atomic E-state index is 0.226. The number of hydrogen-bond donors (Lipinski definition) is 1. The van der Waals surface area contributed by atoms with E-state index in [1.807, 2.05) is 28.8 Å². The van der Waals surface area contributed by atoms with E-state index in [0.717, 1.165) is 10.9 Å². The van der Waals surface area contributed by atoms with Crippen LogP contribution in [0.3, 0.4) is 0 Å². The number of para-hydroxylation sites is 1. The van der Waals surface area contributed by atoms with E-state index in [1.54, 1.807) is 16.9 Å². The number of hydrogen-bond acceptors (Lipinski definition) is 6. The third-order valence-electron chi connectivity index (χ3n) is 3.87. The van der Waals surface area contributed by atoms with E-state index in [4.69, 9.17) is 9.47 Å². The summed E-state index contributed by atoms with van der Waals surface area (Å²) in [7, 11) is 2.89. The Hall–Kier alpha value is -2.71. The van der Waals surface area contributed by atoms with Crippen LogP contribution in [0.2, 0.25) is 0 Å². The second-order valence-electron chi connectivity index (χ2n) is 5.71. The number of carbonyl (C=O) groups excluding carboxylic acids is 1. The molecule has 3 rings (SSSR count). The summed E-state index contributed by atoms with van der Waals surface area (Å²) in [6.07, 6.45) is 1.09. The van der Waals surface area contributed by atoms with Crippen molar-refractivity contribution in [2.75, 3.05) is 20.8 Å². The van der Waals surface area contributed by atoms with Crippen LogP contribution in [0.4, 0.5) is 0 Å². The van der Waals surface area contributed by atoms with E-state index in [1.165, 1.54) is 14.2 Å². The third kappa shape index (κ3) is 3.70. The van der Waals surface area contributed by atoms with Crippen LogP contribution in [0, 0.1) is 0 Å². The first-order valence-corrected chi connectivity index (χ1v) is 7.85. The van der Waals surface area contributed by atoms with Crippen LogP contribution in [-0.2, 0) is 22.6 Å². The fourth-order valence-electron chi connectivity index (χ4n) is 2.78. The average Bonchev–Trinajstić information content (AvgIpc) is 3.19. The first-order valence-electron chi connectivity index (χ1n) is 7.85. The Morgan fingerprint density at radius 1 is 1.32 bits per heavy atom. The maximum absolute atomic E-state index is 12.1. The van der Waals surface area contributed by atoms with Gasteiger partial charge in [-0.25, -0.2) is 9.48 Å². The lowest BCUT2D eigenvalue weighted by Crippen LogP contribution is -2.21. The quantitative estimate of drug-likeness (QED) is 0.645. The highest BCUT2D eigenvalue weighted by molar-refractivity contribution is 5.95. The molecule has 1 atom stereocenters. The monoisotopic (exact) mass is 344 g/mol. The summed E-state index contributed by atoms with van der Waals surface area (Å²) in [6, 6.07) is 9.51. The Morgan fingerprint density at radius 2 is 2.12 bits per heavy atom. The summed E-state index contributed by atoms with van der Waals surface area (Å²) >= 11 is 0. The van der Waals surface area contributed by atoms with Crippen LogP contribution >= 0.6 is 0 Å². The van der Waals surface area contributed by atoms with E-state index >= 15 is 0 Å². The molecule has 0 aliphatic rings. The molecule has 1 aromatic carbocycles. The Labute approximate surface area is 144 Å². The summed E-state index contributed by atoms with van der Waals surface area (Å²) in [5.74, 6) is -0.404. The SMILES string of the molecule is COC[C@H](O)Cn1cc(Cn2c(C(=O)OC)cc3ccccc32)nn1. The van der Waals surface area contributed by atoms with Crippen LogP contribution in [0.15, 0.2) is 36.5 Å². The number of methoxy groups -OCH3 is 2. The largest absolute Gasteiger partial charge is 0.464 e. The Balaban J connectivity index is 1.87. The molecule has 132 valence electrons. The molecule has 0 radical (unpaired) electrons. The van der Waals surface area contributed by atoms with Crippen molar-refractivity contribution in [3.63, 3.8) is 0 Å². The van der Waals surface area contributed by atoms with Crippen LogP contribution in [-0.4, -0.2) is 57.6 Å². The fourth-order valence-corrected chi connectivity index (χ4v) is 2.78. The molecule has 0 saturated heterocycles. The van der Waals surface area contributed by atoms with E-state index in [9.17, 15) is 9.90 Å². The summed E-state index contributed by atoms with van der Waals surface area (Å²) in [5.41, 5.74) is 2.05. The van der Waals surface area contributed by atoms with Crippen molar-refractivity contribution in [1.29, 1.82) is 0 Å². The molecule has 0 unspecified atom stereocenters. The number of carbonyl (C=O) groups is 1. The molecule has 8 heteroatoms. The lowest BCUT2D eigenvalue weighted by molar-refractivity contribution is 0.0510. The third-order valence-corrected chi connectivity index (χ3v) is 3.87. The van der Waals surface area contributed by atoms with Crippen molar-refractivity contribution < 1.29 is 19.4 Å². The minimum Gasteiger partial charge on any atom is -0.464 e. The lowest BCUT2D eigenvalue weighted by Gasteiger charge is -2.08. The Kier molecular flexibility index (Phi) is 5.11. The maximum Gasteiger partial charge on any atom is 0.354 e. The topological polar surface area (TPSA) is 91.4 Å². The summed E-state index contributed by atoms with van der Waals surface area (Å²) < 4.78 is 13.2. The molecule has 25 heavy (non-hydrogen) atoms. The number of benzene rings is 1. The van der Waals surface area contributed by atoms with Gasteiger partial charge < -0.3 is 19.1 Å². The van der Waals surface area contributed by atoms with Crippen molar-refractivity contribution in [1.82, 2.24) is 19.6 Å². The summed E-state index contributed by atoms with van der Waals surface area (Å²) in [5, 5.41) is 18.9. The zero-order valence-electron chi connectivity index (χ0n) is 14.1. The fraction of sp³-hybridized carbons (Fsp3) is 0.353. The van der Waals surface area contributed by atoms with E-state index in [2.05, 4.69) is 10.3 Å². The second-order valence-corrected chi connectivity index (χ2v) is 5.71. The zero-order valence-corrected chi connectivity index (χ0v) is 14.1. The summed E-state index contributed by atoms with van der Waals surface area (Å²) in [4.78, 5) is 12.1. The molecule has 2 heterocycles. The van der Waals surface area contributed by atoms with E-state index in [-0.39, 0.29) is 13.2 Å². The lowest BCUT2D eigenvalue weighted by atomic mass is 10.2. The first kappa shape index (κ1) is 17.1. The standard InChI is InChI=1S/C17H20N4O4/c1-24-11-14(22)10-20-8-13(18-19-20)9-21-15-6-4-3-5-12(15)7-16(21)17(23)25-2/h3-8,14,22H,9-11H2,1-2H3/t14-/m1/s1. The van der Waals surface area contributed by atoms with Gasteiger partial charge in [0.25, 0.3) is 0 Å². The summed E-state index contributed by atoms with van der Waals surface area (Å²) in [6.45, 7) is 0.888. The molecule has 0 fully saturated rings. The molecule has 0 saturated carbocycles. The highest BCUT2D eigenvalue weighted by atomic mass is 16.5. The smallest absolute Gasteiger partial charge is 0.354 e. The number of rotatable bonds is 7. The number of aromatic nitrogens is 4. The highest BCUT2D eigenvalue weighted by Crippen LogP contribution is 2.21. The molecule has 1 N–H and O–H groups in total. The van der Waals surface area contributed by atoms with Gasteiger partial charge in [0.1, 0.15) is 11.4 Å². The maximum atomic E-state index is 12.1. The number of esters is 1. The number of fused-ring (bicyclic) bond motifs is 1. The van der Waals surface area contributed by atoms with Gasteiger partial charge in [0.05, 0.1) is 39.1 Å². The van der Waals surface area contributed by atoms with Gasteiger partial charge >= 0.3 is 5.97 Å². The molecule has 0 bridgehead atoms. The van der Waals surface area contributed by atoms with Crippen LogP contribution in [0.5, 0.6) is 0 Å². The van der Waals surface area contributed by atoms with E-state index < -0.39 is 12.1 Å². The van der Waals surface area contributed by atoms with Crippen molar-refractivity contribution in [3.8, 4) is 0 Å². The van der Waals surface area contributed by atoms with Crippen LogP contribution in [0.1, 0.15) is 16.2 Å². The molecule has 0 aliphatic carbocycles. The van der Waals surface area contributed by atoms with Gasteiger partial charge in [-0.3, -0.25) is 0 Å². The van der Waals surface area contributed by atoms with E-state index in [0.29, 0.717) is 17.9 Å². The molecular weight excluding hydrogens is 324 g/mol. The second kappa shape index (κ2) is 7.45. The number of aliphatic hydroxyl groups is 1. The Bertz CT molecular complexity index is 871. The molecule has 2 aromatic heterocycles. The van der Waals surface area contributed by atoms with Crippen molar-refractivity contribution in [3.05, 3.63) is 47.9 Å². The normalized spacial score (nSPS) is 12.4. The highest BCUT2D eigenvalue weighted by Gasteiger charge is 2.17. The predicted molar refractivity (Wildman–Crippen MR) is 90.3 cm³/mol. The predicted octanol–water partition coefficient (Wildman–Crippen LogP) is 1.07. The van der Waals surface area contributed by atoms with Gasteiger partial charge in [0.15, 0.2) is 0 Å². The van der Waals surface area contributed by atoms with Gasteiger partial charge in [-0.15, -0.1) is 5.10 Å². The van der Waals surface area contributed by atoms with Crippen molar-refractivity contribution in [2.24, 2.45) is 0 Å². The van der Waals surface area contributed by atoms with Gasteiger partial charge in [-0.1, -0.05) is 23.4 Å². The average molecular weight is 344 g/mol. The number of nitrogens with zero attached hydrogens (tertiary/aromatic N) is 4. The van der Waals surface area contributed by atoms with Gasteiger partial charge in [-0.2, -0.15) is 0 Å². The molecule has 8 nitrogen and oxygen atoms in total.